The number of esters is 1. The maximum Gasteiger partial charge on any atom is 0.323 e. The Balaban J connectivity index is 4.17. The second-order valence-corrected chi connectivity index (χ2v) is 4.61. The third-order valence-corrected chi connectivity index (χ3v) is 1.74. The minimum Gasteiger partial charge on any atom is -0.481 e. The molecule has 0 aromatic heterocycles. The highest BCUT2D eigenvalue weighted by Crippen LogP contribution is 2.11. The second-order valence-electron chi connectivity index (χ2n) is 4.61. The van der Waals surface area contributed by atoms with Crippen LogP contribution in [0.2, 0.25) is 0 Å². The standard InChI is InChI=1S/C10H19NO4/c1-6(8(12)13)5-7(11)9(14)15-10(2,3)4/h6-7H,5,11H2,1-4H3,(H,12,13)/t6-,7-/m0/s1. The molecule has 0 aromatic carbocycles. The zero-order valence-corrected chi connectivity index (χ0v) is 9.61. The van der Waals surface area contributed by atoms with Crippen LogP contribution in [0.15, 0.2) is 0 Å². The fourth-order valence-electron chi connectivity index (χ4n) is 0.955. The van der Waals surface area contributed by atoms with Crippen molar-refractivity contribution in [2.75, 3.05) is 0 Å². The van der Waals surface area contributed by atoms with Crippen LogP contribution in [0, 0.1) is 5.92 Å². The average Bonchev–Trinajstić information content (AvgIpc) is 2.00. The number of hydrogen-bond acceptors (Lipinski definition) is 4. The van der Waals surface area contributed by atoms with Crippen molar-refractivity contribution >= 4 is 11.9 Å². The Hall–Kier alpha value is -1.10. The van der Waals surface area contributed by atoms with Crippen LogP contribution >= 0.6 is 0 Å². The lowest BCUT2D eigenvalue weighted by molar-refractivity contribution is -0.157. The fourth-order valence-corrected chi connectivity index (χ4v) is 0.955. The number of carbonyl (C=O) groups is 2. The second kappa shape index (κ2) is 5.11. The van der Waals surface area contributed by atoms with Gasteiger partial charge in [0.05, 0.1) is 5.92 Å². The van der Waals surface area contributed by atoms with E-state index in [0.29, 0.717) is 0 Å². The molecule has 2 atom stereocenters. The topological polar surface area (TPSA) is 89.6 Å². The molecule has 0 spiro atoms. The highest BCUT2D eigenvalue weighted by atomic mass is 16.6. The van der Waals surface area contributed by atoms with E-state index >= 15 is 0 Å². The predicted octanol–water partition coefficient (Wildman–Crippen LogP) is 0.766. The first-order chi connectivity index (χ1) is 6.63. The summed E-state index contributed by atoms with van der Waals surface area (Å²) in [6, 6.07) is -0.879. The van der Waals surface area contributed by atoms with Crippen molar-refractivity contribution < 1.29 is 19.4 Å². The number of carbonyl (C=O) groups excluding carboxylic acids is 1. The van der Waals surface area contributed by atoms with Gasteiger partial charge in [-0.3, -0.25) is 9.59 Å². The molecule has 0 bridgehead atoms. The molecule has 0 amide bonds. The highest BCUT2D eigenvalue weighted by Gasteiger charge is 2.25. The first kappa shape index (κ1) is 13.9. The van der Waals surface area contributed by atoms with Crippen LogP contribution in [-0.4, -0.2) is 28.7 Å². The van der Waals surface area contributed by atoms with Gasteiger partial charge in [-0.25, -0.2) is 0 Å². The molecule has 0 aliphatic rings. The Kier molecular flexibility index (Phi) is 4.74. The summed E-state index contributed by atoms with van der Waals surface area (Å²) in [4.78, 5) is 21.9. The van der Waals surface area contributed by atoms with Crippen molar-refractivity contribution in [3.63, 3.8) is 0 Å². The van der Waals surface area contributed by atoms with Gasteiger partial charge in [0.2, 0.25) is 0 Å². The molecule has 5 nitrogen and oxygen atoms in total. The van der Waals surface area contributed by atoms with Crippen LogP contribution in [0.25, 0.3) is 0 Å². The lowest BCUT2D eigenvalue weighted by atomic mass is 10.0. The van der Waals surface area contributed by atoms with E-state index in [2.05, 4.69) is 0 Å². The van der Waals surface area contributed by atoms with Crippen LogP contribution in [-0.2, 0) is 14.3 Å². The molecule has 0 aliphatic carbocycles. The van der Waals surface area contributed by atoms with E-state index in [-0.39, 0.29) is 6.42 Å². The summed E-state index contributed by atoms with van der Waals surface area (Å²) in [7, 11) is 0. The summed E-state index contributed by atoms with van der Waals surface area (Å²) in [5.74, 6) is -2.17. The molecule has 0 aromatic rings. The van der Waals surface area contributed by atoms with Crippen LogP contribution in [0.4, 0.5) is 0 Å². The van der Waals surface area contributed by atoms with Gasteiger partial charge in [0.1, 0.15) is 11.6 Å². The number of nitrogens with two attached hydrogens (primary N) is 1. The Morgan fingerprint density at radius 2 is 1.87 bits per heavy atom. The van der Waals surface area contributed by atoms with Crippen molar-refractivity contribution in [3.05, 3.63) is 0 Å². The van der Waals surface area contributed by atoms with Crippen LogP contribution < -0.4 is 5.73 Å². The van der Waals surface area contributed by atoms with Gasteiger partial charge >= 0.3 is 11.9 Å². The fraction of sp³-hybridized carbons (Fsp3) is 0.800. The molecule has 88 valence electrons. The third kappa shape index (κ3) is 6.06. The summed E-state index contributed by atoms with van der Waals surface area (Å²) < 4.78 is 5.02. The normalized spacial score (nSPS) is 15.5. The number of carboxylic acids is 1. The molecular weight excluding hydrogens is 198 g/mol. The van der Waals surface area contributed by atoms with E-state index in [4.69, 9.17) is 15.6 Å². The molecule has 0 saturated carbocycles. The van der Waals surface area contributed by atoms with Crippen molar-refractivity contribution in [1.82, 2.24) is 0 Å². The summed E-state index contributed by atoms with van der Waals surface area (Å²) in [6.45, 7) is 6.71. The molecule has 0 fully saturated rings. The number of aliphatic carboxylic acids is 1. The van der Waals surface area contributed by atoms with Crippen molar-refractivity contribution in [3.8, 4) is 0 Å². The minimum atomic E-state index is -0.964. The van der Waals surface area contributed by atoms with E-state index in [1.807, 2.05) is 0 Å². The van der Waals surface area contributed by atoms with E-state index < -0.39 is 29.5 Å². The smallest absolute Gasteiger partial charge is 0.323 e. The van der Waals surface area contributed by atoms with Gasteiger partial charge in [-0.1, -0.05) is 6.92 Å². The quantitative estimate of drug-likeness (QED) is 0.679. The maximum atomic E-state index is 11.4. The van der Waals surface area contributed by atoms with E-state index in [1.165, 1.54) is 6.92 Å². The Labute approximate surface area is 89.6 Å². The molecule has 0 rings (SSSR count). The Morgan fingerprint density at radius 3 is 2.20 bits per heavy atom. The molecule has 0 heterocycles. The van der Waals surface area contributed by atoms with Gasteiger partial charge in [-0.05, 0) is 27.2 Å². The zero-order valence-electron chi connectivity index (χ0n) is 9.61. The third-order valence-electron chi connectivity index (χ3n) is 1.74. The molecule has 0 radical (unpaired) electrons. The van der Waals surface area contributed by atoms with Gasteiger partial charge < -0.3 is 15.6 Å². The Bertz CT molecular complexity index is 244. The predicted molar refractivity (Wildman–Crippen MR) is 55.2 cm³/mol. The molecule has 3 N–H and O–H groups in total. The lowest BCUT2D eigenvalue weighted by Crippen LogP contribution is -2.39. The summed E-state index contributed by atoms with van der Waals surface area (Å²) in [5.41, 5.74) is 4.93. The number of carboxylic acid groups (broad SMARTS) is 1. The van der Waals surface area contributed by atoms with Gasteiger partial charge in [0.15, 0.2) is 0 Å². The lowest BCUT2D eigenvalue weighted by Gasteiger charge is -2.22. The summed E-state index contributed by atoms with van der Waals surface area (Å²) in [5, 5.41) is 8.64. The average molecular weight is 217 g/mol. The first-order valence-corrected chi connectivity index (χ1v) is 4.84. The monoisotopic (exact) mass is 217 g/mol. The number of rotatable bonds is 4. The molecule has 5 heteroatoms. The van der Waals surface area contributed by atoms with Gasteiger partial charge in [0, 0.05) is 0 Å². The van der Waals surface area contributed by atoms with E-state index in [1.54, 1.807) is 20.8 Å². The SMILES string of the molecule is C[C@@H](C[C@H](N)C(=O)OC(C)(C)C)C(=O)O. The molecule has 0 aliphatic heterocycles. The van der Waals surface area contributed by atoms with Crippen LogP contribution in [0.5, 0.6) is 0 Å². The van der Waals surface area contributed by atoms with Crippen molar-refractivity contribution in [2.24, 2.45) is 11.7 Å². The van der Waals surface area contributed by atoms with Gasteiger partial charge in [-0.2, -0.15) is 0 Å². The number of ether oxygens (including phenoxy) is 1. The van der Waals surface area contributed by atoms with Gasteiger partial charge in [-0.15, -0.1) is 0 Å². The molecule has 0 saturated heterocycles. The first-order valence-electron chi connectivity index (χ1n) is 4.84. The summed E-state index contributed by atoms with van der Waals surface area (Å²) >= 11 is 0. The maximum absolute atomic E-state index is 11.4. The zero-order chi connectivity index (χ0) is 12.2. The van der Waals surface area contributed by atoms with Crippen LogP contribution in [0.3, 0.4) is 0 Å². The van der Waals surface area contributed by atoms with Crippen molar-refractivity contribution in [1.29, 1.82) is 0 Å². The Morgan fingerprint density at radius 1 is 1.40 bits per heavy atom. The highest BCUT2D eigenvalue weighted by molar-refractivity contribution is 5.77. The minimum absolute atomic E-state index is 0.0875. The van der Waals surface area contributed by atoms with Gasteiger partial charge in [0.25, 0.3) is 0 Å². The van der Waals surface area contributed by atoms with E-state index in [9.17, 15) is 9.59 Å². The van der Waals surface area contributed by atoms with Crippen molar-refractivity contribution in [2.45, 2.75) is 45.8 Å². The molecular formula is C10H19NO4. The summed E-state index contributed by atoms with van der Waals surface area (Å²) in [6.07, 6.45) is 0.0875. The van der Waals surface area contributed by atoms with Crippen LogP contribution in [0.1, 0.15) is 34.1 Å². The number of hydrogen-bond donors (Lipinski definition) is 2. The largest absolute Gasteiger partial charge is 0.481 e. The molecule has 0 unspecified atom stereocenters. The van der Waals surface area contributed by atoms with E-state index in [0.717, 1.165) is 0 Å². The molecule has 15 heavy (non-hydrogen) atoms.